The van der Waals surface area contributed by atoms with Crippen LogP contribution in [-0.2, 0) is 0 Å². The summed E-state index contributed by atoms with van der Waals surface area (Å²) in [5, 5.41) is 4.61. The van der Waals surface area contributed by atoms with Gasteiger partial charge in [-0.1, -0.05) is 48.5 Å². The van der Waals surface area contributed by atoms with Crippen LogP contribution in [0.4, 0.5) is 5.82 Å². The lowest BCUT2D eigenvalue weighted by Gasteiger charge is -2.15. The molecule has 0 aliphatic carbocycles. The Hall–Kier alpha value is -2.35. The Labute approximate surface area is 113 Å². The molecule has 94 valence electrons. The summed E-state index contributed by atoms with van der Waals surface area (Å²) in [6.07, 6.45) is 0. The second kappa shape index (κ2) is 5.11. The van der Waals surface area contributed by atoms with E-state index in [2.05, 4.69) is 53.6 Å². The number of nitrogens with one attached hydrogen (secondary N) is 1. The zero-order valence-corrected chi connectivity index (χ0v) is 10.9. The number of hydrogen-bond donors (Lipinski definition) is 1. The molecule has 0 fully saturated rings. The number of para-hydroxylation sites is 1. The van der Waals surface area contributed by atoms with E-state index in [0.29, 0.717) is 0 Å². The molecule has 0 spiro atoms. The van der Waals surface area contributed by atoms with Gasteiger partial charge in [-0.25, -0.2) is 4.98 Å². The summed E-state index contributed by atoms with van der Waals surface area (Å²) in [5.41, 5.74) is 2.28. The Morgan fingerprint density at radius 2 is 1.58 bits per heavy atom. The van der Waals surface area contributed by atoms with Crippen LogP contribution in [-0.4, -0.2) is 4.98 Å². The Morgan fingerprint density at radius 1 is 0.842 bits per heavy atom. The molecule has 0 bridgehead atoms. The molecule has 3 aromatic rings. The smallest absolute Gasteiger partial charge is 0.127 e. The average molecular weight is 248 g/mol. The maximum absolute atomic E-state index is 4.63. The SMILES string of the molecule is CC(Nc1ccc2ccccc2n1)c1ccccc1. The van der Waals surface area contributed by atoms with Gasteiger partial charge >= 0.3 is 0 Å². The average Bonchev–Trinajstić information content (AvgIpc) is 2.48. The van der Waals surface area contributed by atoms with Gasteiger partial charge in [-0.3, -0.25) is 0 Å². The molecular formula is C17H16N2. The van der Waals surface area contributed by atoms with Gasteiger partial charge in [0, 0.05) is 11.4 Å². The minimum atomic E-state index is 0.245. The predicted molar refractivity (Wildman–Crippen MR) is 80.2 cm³/mol. The first-order valence-electron chi connectivity index (χ1n) is 6.50. The van der Waals surface area contributed by atoms with Gasteiger partial charge in [-0.2, -0.15) is 0 Å². The molecule has 1 heterocycles. The van der Waals surface area contributed by atoms with E-state index in [1.54, 1.807) is 0 Å². The van der Waals surface area contributed by atoms with Crippen LogP contribution in [0.5, 0.6) is 0 Å². The van der Waals surface area contributed by atoms with Crippen molar-refractivity contribution >= 4 is 16.7 Å². The van der Waals surface area contributed by atoms with E-state index in [1.807, 2.05) is 30.3 Å². The maximum atomic E-state index is 4.63. The highest BCUT2D eigenvalue weighted by atomic mass is 15.0. The largest absolute Gasteiger partial charge is 0.364 e. The number of rotatable bonds is 3. The maximum Gasteiger partial charge on any atom is 0.127 e. The molecule has 2 aromatic carbocycles. The van der Waals surface area contributed by atoms with Crippen molar-refractivity contribution < 1.29 is 0 Å². The molecule has 0 aliphatic heterocycles. The first-order valence-corrected chi connectivity index (χ1v) is 6.50. The zero-order chi connectivity index (χ0) is 13.1. The lowest BCUT2D eigenvalue weighted by molar-refractivity contribution is 0.877. The van der Waals surface area contributed by atoms with Crippen molar-refractivity contribution in [2.24, 2.45) is 0 Å². The fourth-order valence-electron chi connectivity index (χ4n) is 2.19. The molecule has 1 aromatic heterocycles. The topological polar surface area (TPSA) is 24.9 Å². The van der Waals surface area contributed by atoms with Crippen LogP contribution < -0.4 is 5.32 Å². The number of fused-ring (bicyclic) bond motifs is 1. The molecule has 3 rings (SSSR count). The number of pyridine rings is 1. The minimum absolute atomic E-state index is 0.245. The van der Waals surface area contributed by atoms with Crippen molar-refractivity contribution in [1.82, 2.24) is 4.98 Å². The van der Waals surface area contributed by atoms with E-state index in [9.17, 15) is 0 Å². The van der Waals surface area contributed by atoms with E-state index >= 15 is 0 Å². The summed E-state index contributed by atoms with van der Waals surface area (Å²) in [6.45, 7) is 2.15. The molecule has 1 atom stereocenters. The molecule has 0 amide bonds. The molecule has 1 N–H and O–H groups in total. The van der Waals surface area contributed by atoms with Gasteiger partial charge in [0.1, 0.15) is 5.82 Å². The normalized spacial score (nSPS) is 12.3. The van der Waals surface area contributed by atoms with Crippen LogP contribution >= 0.6 is 0 Å². The molecule has 0 radical (unpaired) electrons. The zero-order valence-electron chi connectivity index (χ0n) is 10.9. The fraction of sp³-hybridized carbons (Fsp3) is 0.118. The van der Waals surface area contributed by atoms with Crippen molar-refractivity contribution in [2.45, 2.75) is 13.0 Å². The van der Waals surface area contributed by atoms with Crippen molar-refractivity contribution in [3.63, 3.8) is 0 Å². The van der Waals surface area contributed by atoms with E-state index < -0.39 is 0 Å². The summed E-state index contributed by atoms with van der Waals surface area (Å²) < 4.78 is 0. The van der Waals surface area contributed by atoms with Gasteiger partial charge in [0.15, 0.2) is 0 Å². The van der Waals surface area contributed by atoms with Crippen LogP contribution in [0.15, 0.2) is 66.7 Å². The Balaban J connectivity index is 1.85. The molecule has 1 unspecified atom stereocenters. The second-order valence-electron chi connectivity index (χ2n) is 4.67. The highest BCUT2D eigenvalue weighted by Crippen LogP contribution is 2.20. The number of benzene rings is 2. The van der Waals surface area contributed by atoms with E-state index in [0.717, 1.165) is 11.3 Å². The molecule has 2 nitrogen and oxygen atoms in total. The van der Waals surface area contributed by atoms with Crippen molar-refractivity contribution in [3.05, 3.63) is 72.3 Å². The third kappa shape index (κ3) is 2.58. The Morgan fingerprint density at radius 3 is 2.42 bits per heavy atom. The van der Waals surface area contributed by atoms with Crippen LogP contribution in [0.3, 0.4) is 0 Å². The number of anilines is 1. The van der Waals surface area contributed by atoms with Gasteiger partial charge in [0.25, 0.3) is 0 Å². The molecule has 0 saturated carbocycles. The minimum Gasteiger partial charge on any atom is -0.364 e. The predicted octanol–water partition coefficient (Wildman–Crippen LogP) is 4.41. The van der Waals surface area contributed by atoms with Crippen LogP contribution in [0.2, 0.25) is 0 Å². The monoisotopic (exact) mass is 248 g/mol. The summed E-state index contributed by atoms with van der Waals surface area (Å²) in [7, 11) is 0. The third-order valence-electron chi connectivity index (χ3n) is 3.26. The molecule has 0 aliphatic rings. The fourth-order valence-corrected chi connectivity index (χ4v) is 2.19. The van der Waals surface area contributed by atoms with Crippen LogP contribution in [0.25, 0.3) is 10.9 Å². The summed E-state index contributed by atoms with van der Waals surface area (Å²) in [6, 6.07) is 22.9. The number of aromatic nitrogens is 1. The summed E-state index contributed by atoms with van der Waals surface area (Å²) in [4.78, 5) is 4.63. The van der Waals surface area contributed by atoms with E-state index in [1.165, 1.54) is 10.9 Å². The quantitative estimate of drug-likeness (QED) is 0.742. The van der Waals surface area contributed by atoms with Crippen LogP contribution in [0, 0.1) is 0 Å². The van der Waals surface area contributed by atoms with Crippen molar-refractivity contribution in [2.75, 3.05) is 5.32 Å². The first-order chi connectivity index (χ1) is 9.33. The van der Waals surface area contributed by atoms with Gasteiger partial charge in [-0.05, 0) is 30.7 Å². The number of nitrogens with zero attached hydrogens (tertiary/aromatic N) is 1. The Bertz CT molecular complexity index is 677. The van der Waals surface area contributed by atoms with Crippen LogP contribution in [0.1, 0.15) is 18.5 Å². The molecule has 2 heteroatoms. The highest BCUT2D eigenvalue weighted by molar-refractivity contribution is 5.80. The van der Waals surface area contributed by atoms with Gasteiger partial charge in [0.05, 0.1) is 5.52 Å². The lowest BCUT2D eigenvalue weighted by atomic mass is 10.1. The first kappa shape index (κ1) is 11.7. The van der Waals surface area contributed by atoms with Gasteiger partial charge < -0.3 is 5.32 Å². The highest BCUT2D eigenvalue weighted by Gasteiger charge is 2.05. The summed E-state index contributed by atoms with van der Waals surface area (Å²) in [5.74, 6) is 0.912. The molecule has 0 saturated heterocycles. The molecule has 19 heavy (non-hydrogen) atoms. The number of hydrogen-bond acceptors (Lipinski definition) is 2. The lowest BCUT2D eigenvalue weighted by Crippen LogP contribution is -2.07. The van der Waals surface area contributed by atoms with Gasteiger partial charge in [-0.15, -0.1) is 0 Å². The van der Waals surface area contributed by atoms with E-state index in [-0.39, 0.29) is 6.04 Å². The van der Waals surface area contributed by atoms with E-state index in [4.69, 9.17) is 0 Å². The van der Waals surface area contributed by atoms with Crippen molar-refractivity contribution in [3.8, 4) is 0 Å². The molecular weight excluding hydrogens is 232 g/mol. The van der Waals surface area contributed by atoms with Crippen molar-refractivity contribution in [1.29, 1.82) is 0 Å². The van der Waals surface area contributed by atoms with Gasteiger partial charge in [0.2, 0.25) is 0 Å². The summed E-state index contributed by atoms with van der Waals surface area (Å²) >= 11 is 0. The third-order valence-corrected chi connectivity index (χ3v) is 3.26. The Kier molecular flexibility index (Phi) is 3.15. The second-order valence-corrected chi connectivity index (χ2v) is 4.67. The standard InChI is InChI=1S/C17H16N2/c1-13(14-7-3-2-4-8-14)18-17-12-11-15-9-5-6-10-16(15)19-17/h2-13H,1H3,(H,18,19).